The molecule has 0 saturated heterocycles. The van der Waals surface area contributed by atoms with E-state index in [-0.39, 0.29) is 11.0 Å². The Hall–Kier alpha value is -1.22. The van der Waals surface area contributed by atoms with Gasteiger partial charge in [-0.1, -0.05) is 20.8 Å². The molecule has 114 valence electrons. The van der Waals surface area contributed by atoms with Gasteiger partial charge < -0.3 is 14.8 Å². The van der Waals surface area contributed by atoms with Crippen LogP contribution in [0, 0.1) is 0 Å². The molecule has 0 aromatic heterocycles. The topological polar surface area (TPSA) is 30.5 Å². The SMILES string of the molecule is COc1ccc(OCCNC(C)(C)C)c(C(C)(C)C)c1. The van der Waals surface area contributed by atoms with E-state index >= 15 is 0 Å². The van der Waals surface area contributed by atoms with Crippen molar-refractivity contribution in [2.45, 2.75) is 52.5 Å². The summed E-state index contributed by atoms with van der Waals surface area (Å²) >= 11 is 0. The summed E-state index contributed by atoms with van der Waals surface area (Å²) < 4.78 is 11.2. The van der Waals surface area contributed by atoms with E-state index in [4.69, 9.17) is 9.47 Å². The molecule has 0 spiro atoms. The Morgan fingerprint density at radius 1 is 1.05 bits per heavy atom. The fourth-order valence-electron chi connectivity index (χ4n) is 1.94. The molecular formula is C17H29NO2. The maximum absolute atomic E-state index is 5.94. The Kier molecular flexibility index (Phi) is 5.46. The fraction of sp³-hybridized carbons (Fsp3) is 0.647. The van der Waals surface area contributed by atoms with Crippen LogP contribution in [-0.2, 0) is 5.41 Å². The normalized spacial score (nSPS) is 12.3. The van der Waals surface area contributed by atoms with Gasteiger partial charge in [0, 0.05) is 17.6 Å². The van der Waals surface area contributed by atoms with Crippen LogP contribution in [0.4, 0.5) is 0 Å². The molecule has 1 aromatic rings. The second-order valence-corrected chi connectivity index (χ2v) is 7.14. The molecule has 3 heteroatoms. The Morgan fingerprint density at radius 3 is 2.20 bits per heavy atom. The molecule has 0 atom stereocenters. The first kappa shape index (κ1) is 16.8. The van der Waals surface area contributed by atoms with Crippen LogP contribution < -0.4 is 14.8 Å². The van der Waals surface area contributed by atoms with Gasteiger partial charge in [-0.25, -0.2) is 0 Å². The third-order valence-corrected chi connectivity index (χ3v) is 3.01. The van der Waals surface area contributed by atoms with Gasteiger partial charge in [-0.05, 0) is 44.4 Å². The number of methoxy groups -OCH3 is 1. The zero-order valence-electron chi connectivity index (χ0n) is 14.0. The summed E-state index contributed by atoms with van der Waals surface area (Å²) in [5, 5.41) is 3.42. The molecule has 20 heavy (non-hydrogen) atoms. The lowest BCUT2D eigenvalue weighted by molar-refractivity contribution is 0.284. The minimum absolute atomic E-state index is 0.0291. The zero-order valence-corrected chi connectivity index (χ0v) is 14.0. The van der Waals surface area contributed by atoms with Gasteiger partial charge in [-0.15, -0.1) is 0 Å². The number of hydrogen-bond donors (Lipinski definition) is 1. The van der Waals surface area contributed by atoms with Crippen LogP contribution >= 0.6 is 0 Å². The summed E-state index contributed by atoms with van der Waals surface area (Å²) in [6.07, 6.45) is 0. The first-order chi connectivity index (χ1) is 9.13. The quantitative estimate of drug-likeness (QED) is 0.832. The van der Waals surface area contributed by atoms with Crippen LogP contribution in [0.15, 0.2) is 18.2 Å². The molecule has 3 nitrogen and oxygen atoms in total. The van der Waals surface area contributed by atoms with E-state index in [0.29, 0.717) is 6.61 Å². The number of hydrogen-bond acceptors (Lipinski definition) is 3. The van der Waals surface area contributed by atoms with E-state index in [2.05, 4.69) is 52.9 Å². The van der Waals surface area contributed by atoms with Gasteiger partial charge in [-0.2, -0.15) is 0 Å². The van der Waals surface area contributed by atoms with Crippen LogP contribution in [0.5, 0.6) is 11.5 Å². The van der Waals surface area contributed by atoms with Crippen LogP contribution in [0.2, 0.25) is 0 Å². The molecule has 0 saturated carbocycles. The summed E-state index contributed by atoms with van der Waals surface area (Å²) in [6.45, 7) is 14.5. The molecule has 0 amide bonds. The molecular weight excluding hydrogens is 250 g/mol. The summed E-state index contributed by atoms with van der Waals surface area (Å²) in [5.74, 6) is 1.81. The molecule has 0 fully saturated rings. The molecule has 0 aliphatic carbocycles. The Morgan fingerprint density at radius 2 is 1.70 bits per heavy atom. The van der Waals surface area contributed by atoms with Crippen LogP contribution in [0.1, 0.15) is 47.1 Å². The first-order valence-electron chi connectivity index (χ1n) is 7.20. The van der Waals surface area contributed by atoms with Crippen molar-refractivity contribution in [3.63, 3.8) is 0 Å². The molecule has 0 aliphatic rings. The van der Waals surface area contributed by atoms with Crippen molar-refractivity contribution < 1.29 is 9.47 Å². The third-order valence-electron chi connectivity index (χ3n) is 3.01. The van der Waals surface area contributed by atoms with Gasteiger partial charge in [-0.3, -0.25) is 0 Å². The molecule has 1 rings (SSSR count). The van der Waals surface area contributed by atoms with E-state index in [1.54, 1.807) is 7.11 Å². The van der Waals surface area contributed by atoms with Gasteiger partial charge >= 0.3 is 0 Å². The van der Waals surface area contributed by atoms with E-state index in [0.717, 1.165) is 18.0 Å². The van der Waals surface area contributed by atoms with Crippen LogP contribution in [0.3, 0.4) is 0 Å². The lowest BCUT2D eigenvalue weighted by Gasteiger charge is -2.24. The van der Waals surface area contributed by atoms with Gasteiger partial charge in [0.25, 0.3) is 0 Å². The maximum Gasteiger partial charge on any atom is 0.123 e. The average Bonchev–Trinajstić information content (AvgIpc) is 2.32. The second kappa shape index (κ2) is 6.49. The van der Waals surface area contributed by atoms with Gasteiger partial charge in [0.05, 0.1) is 7.11 Å². The molecule has 0 radical (unpaired) electrons. The first-order valence-corrected chi connectivity index (χ1v) is 7.20. The highest BCUT2D eigenvalue weighted by Crippen LogP contribution is 2.34. The van der Waals surface area contributed by atoms with Crippen molar-refractivity contribution in [1.82, 2.24) is 5.32 Å². The van der Waals surface area contributed by atoms with Crippen molar-refractivity contribution in [1.29, 1.82) is 0 Å². The predicted octanol–water partition coefficient (Wildman–Crippen LogP) is 3.76. The molecule has 0 heterocycles. The molecule has 0 aliphatic heterocycles. The van der Waals surface area contributed by atoms with Gasteiger partial charge in [0.2, 0.25) is 0 Å². The van der Waals surface area contributed by atoms with Crippen molar-refractivity contribution in [3.8, 4) is 11.5 Å². The standard InChI is InChI=1S/C17H29NO2/c1-16(2,3)14-12-13(19-7)8-9-15(14)20-11-10-18-17(4,5)6/h8-9,12,18H,10-11H2,1-7H3. The number of nitrogens with one attached hydrogen (secondary N) is 1. The van der Waals surface area contributed by atoms with Crippen molar-refractivity contribution >= 4 is 0 Å². The Balaban J connectivity index is 2.74. The largest absolute Gasteiger partial charge is 0.497 e. The number of rotatable bonds is 5. The number of benzene rings is 1. The minimum Gasteiger partial charge on any atom is -0.497 e. The van der Waals surface area contributed by atoms with Crippen molar-refractivity contribution in [2.24, 2.45) is 0 Å². The average molecular weight is 279 g/mol. The summed E-state index contributed by atoms with van der Waals surface area (Å²) in [7, 11) is 1.69. The lowest BCUT2D eigenvalue weighted by Crippen LogP contribution is -2.38. The van der Waals surface area contributed by atoms with E-state index in [9.17, 15) is 0 Å². The van der Waals surface area contributed by atoms with Gasteiger partial charge in [0.1, 0.15) is 18.1 Å². The summed E-state index contributed by atoms with van der Waals surface area (Å²) in [6, 6.07) is 6.00. The highest BCUT2D eigenvalue weighted by molar-refractivity contribution is 5.44. The monoisotopic (exact) mass is 279 g/mol. The number of ether oxygens (including phenoxy) is 2. The zero-order chi connectivity index (χ0) is 15.4. The molecule has 1 N–H and O–H groups in total. The molecule has 0 unspecified atom stereocenters. The van der Waals surface area contributed by atoms with Crippen LogP contribution in [0.25, 0.3) is 0 Å². The minimum atomic E-state index is 0.0291. The van der Waals surface area contributed by atoms with E-state index in [1.807, 2.05) is 12.1 Å². The highest BCUT2D eigenvalue weighted by atomic mass is 16.5. The third kappa shape index (κ3) is 5.41. The second-order valence-electron chi connectivity index (χ2n) is 7.14. The summed E-state index contributed by atoms with van der Waals surface area (Å²) in [4.78, 5) is 0. The van der Waals surface area contributed by atoms with Crippen molar-refractivity contribution in [2.75, 3.05) is 20.3 Å². The Bertz CT molecular complexity index is 428. The van der Waals surface area contributed by atoms with E-state index < -0.39 is 0 Å². The predicted molar refractivity (Wildman–Crippen MR) is 84.9 cm³/mol. The van der Waals surface area contributed by atoms with Crippen LogP contribution in [-0.4, -0.2) is 25.8 Å². The van der Waals surface area contributed by atoms with E-state index in [1.165, 1.54) is 5.56 Å². The van der Waals surface area contributed by atoms with Gasteiger partial charge in [0.15, 0.2) is 0 Å². The molecule has 1 aromatic carbocycles. The fourth-order valence-corrected chi connectivity index (χ4v) is 1.94. The molecule has 0 bridgehead atoms. The summed E-state index contributed by atoms with van der Waals surface area (Å²) in [5.41, 5.74) is 1.32. The highest BCUT2D eigenvalue weighted by Gasteiger charge is 2.20. The van der Waals surface area contributed by atoms with Crippen molar-refractivity contribution in [3.05, 3.63) is 23.8 Å². The lowest BCUT2D eigenvalue weighted by atomic mass is 9.86. The Labute approximate surface area is 123 Å². The smallest absolute Gasteiger partial charge is 0.123 e. The maximum atomic E-state index is 5.94.